The van der Waals surface area contributed by atoms with Gasteiger partial charge in [0, 0.05) is 5.69 Å². The summed E-state index contributed by atoms with van der Waals surface area (Å²) in [5.74, 6) is 1.55. The van der Waals surface area contributed by atoms with Gasteiger partial charge in [-0.1, -0.05) is 11.2 Å². The van der Waals surface area contributed by atoms with Crippen LogP contribution in [0.5, 0.6) is 0 Å². The zero-order valence-corrected chi connectivity index (χ0v) is 11.4. The molecule has 0 amide bonds. The highest BCUT2D eigenvalue weighted by molar-refractivity contribution is 5.63. The Hall–Kier alpha value is -1.68. The second-order valence-electron chi connectivity index (χ2n) is 5.28. The van der Waals surface area contributed by atoms with Crippen LogP contribution < -0.4 is 5.32 Å². The smallest absolute Gasteiger partial charge is 0.143 e. The molecule has 3 heterocycles. The van der Waals surface area contributed by atoms with E-state index in [0.717, 1.165) is 47.9 Å². The van der Waals surface area contributed by atoms with Crippen molar-refractivity contribution in [3.8, 4) is 11.3 Å². The molecule has 1 aliphatic rings. The van der Waals surface area contributed by atoms with E-state index in [2.05, 4.69) is 22.6 Å². The first kappa shape index (κ1) is 12.4. The molecule has 1 saturated heterocycles. The van der Waals surface area contributed by atoms with Crippen molar-refractivity contribution in [2.45, 2.75) is 26.7 Å². The van der Waals surface area contributed by atoms with Gasteiger partial charge in [0.15, 0.2) is 0 Å². The number of aryl methyl sites for hydroxylation is 2. The Morgan fingerprint density at radius 2 is 2.26 bits per heavy atom. The highest BCUT2D eigenvalue weighted by Crippen LogP contribution is 2.25. The molecule has 3 rings (SSSR count). The Kier molecular flexibility index (Phi) is 3.34. The molecule has 4 nitrogen and oxygen atoms in total. The Bertz CT molecular complexity index is 551. The SMILES string of the molecule is Cc1noc(C)c1-c1cccc(CC2CCNC2)n1. The number of rotatable bonds is 3. The van der Waals surface area contributed by atoms with E-state index in [1.54, 1.807) is 0 Å². The average Bonchev–Trinajstić information content (AvgIpc) is 3.00. The van der Waals surface area contributed by atoms with E-state index in [-0.39, 0.29) is 0 Å². The summed E-state index contributed by atoms with van der Waals surface area (Å²) in [4.78, 5) is 4.77. The molecular formula is C15H19N3O. The summed E-state index contributed by atoms with van der Waals surface area (Å²) in [6, 6.07) is 6.22. The first-order valence-corrected chi connectivity index (χ1v) is 6.84. The minimum absolute atomic E-state index is 0.715. The predicted octanol–water partition coefficient (Wildman–Crippen LogP) is 2.51. The molecule has 1 atom stereocenters. The lowest BCUT2D eigenvalue weighted by atomic mass is 10.0. The highest BCUT2D eigenvalue weighted by atomic mass is 16.5. The van der Waals surface area contributed by atoms with Gasteiger partial charge in [0.05, 0.1) is 17.0 Å². The minimum atomic E-state index is 0.715. The van der Waals surface area contributed by atoms with Crippen LogP contribution in [0.3, 0.4) is 0 Å². The molecule has 0 aromatic carbocycles. The fourth-order valence-corrected chi connectivity index (χ4v) is 2.77. The van der Waals surface area contributed by atoms with E-state index in [1.807, 2.05) is 19.9 Å². The number of nitrogens with one attached hydrogen (secondary N) is 1. The number of hydrogen-bond donors (Lipinski definition) is 1. The molecule has 19 heavy (non-hydrogen) atoms. The fraction of sp³-hybridized carbons (Fsp3) is 0.467. The largest absolute Gasteiger partial charge is 0.361 e. The molecule has 0 radical (unpaired) electrons. The van der Waals surface area contributed by atoms with E-state index >= 15 is 0 Å². The lowest BCUT2D eigenvalue weighted by Crippen LogP contribution is -2.11. The molecule has 100 valence electrons. The van der Waals surface area contributed by atoms with Gasteiger partial charge in [0.25, 0.3) is 0 Å². The van der Waals surface area contributed by atoms with E-state index in [1.165, 1.54) is 6.42 Å². The first-order valence-electron chi connectivity index (χ1n) is 6.84. The topological polar surface area (TPSA) is 51.0 Å². The Labute approximate surface area is 113 Å². The molecule has 2 aromatic rings. The van der Waals surface area contributed by atoms with Gasteiger partial charge in [-0.05, 0) is 57.8 Å². The van der Waals surface area contributed by atoms with Crippen molar-refractivity contribution in [3.05, 3.63) is 35.3 Å². The summed E-state index contributed by atoms with van der Waals surface area (Å²) < 4.78 is 5.22. The predicted molar refractivity (Wildman–Crippen MR) is 73.9 cm³/mol. The third-order valence-corrected chi connectivity index (χ3v) is 3.76. The van der Waals surface area contributed by atoms with Gasteiger partial charge in [-0.2, -0.15) is 0 Å². The van der Waals surface area contributed by atoms with Crippen LogP contribution >= 0.6 is 0 Å². The van der Waals surface area contributed by atoms with Crippen LogP contribution in [0.15, 0.2) is 22.7 Å². The van der Waals surface area contributed by atoms with Crippen molar-refractivity contribution >= 4 is 0 Å². The monoisotopic (exact) mass is 257 g/mol. The Morgan fingerprint density at radius 1 is 1.37 bits per heavy atom. The first-order chi connectivity index (χ1) is 9.24. The highest BCUT2D eigenvalue weighted by Gasteiger charge is 2.17. The van der Waals surface area contributed by atoms with Crippen LogP contribution in [-0.4, -0.2) is 23.2 Å². The number of hydrogen-bond acceptors (Lipinski definition) is 4. The molecule has 4 heteroatoms. The normalized spacial score (nSPS) is 18.9. The summed E-state index contributed by atoms with van der Waals surface area (Å²) in [5, 5.41) is 7.40. The fourth-order valence-electron chi connectivity index (χ4n) is 2.77. The van der Waals surface area contributed by atoms with Crippen molar-refractivity contribution in [2.24, 2.45) is 5.92 Å². The third-order valence-electron chi connectivity index (χ3n) is 3.76. The second-order valence-corrected chi connectivity index (χ2v) is 5.28. The van der Waals surface area contributed by atoms with Gasteiger partial charge in [-0.3, -0.25) is 4.98 Å². The lowest BCUT2D eigenvalue weighted by molar-refractivity contribution is 0.393. The number of nitrogens with zero attached hydrogens (tertiary/aromatic N) is 2. The summed E-state index contributed by atoms with van der Waals surface area (Å²) in [7, 11) is 0. The van der Waals surface area contributed by atoms with Crippen molar-refractivity contribution < 1.29 is 4.52 Å². The summed E-state index contributed by atoms with van der Waals surface area (Å²) >= 11 is 0. The van der Waals surface area contributed by atoms with Crippen molar-refractivity contribution in [1.29, 1.82) is 0 Å². The van der Waals surface area contributed by atoms with Gasteiger partial charge in [0.2, 0.25) is 0 Å². The van der Waals surface area contributed by atoms with Crippen LogP contribution in [0.25, 0.3) is 11.3 Å². The standard InChI is InChI=1S/C15H19N3O/c1-10-15(11(2)19-18-10)14-5-3-4-13(17-14)8-12-6-7-16-9-12/h3-5,12,16H,6-9H2,1-2H3. The van der Waals surface area contributed by atoms with Crippen molar-refractivity contribution in [2.75, 3.05) is 13.1 Å². The Morgan fingerprint density at radius 3 is 2.95 bits per heavy atom. The van der Waals surface area contributed by atoms with Gasteiger partial charge in [0.1, 0.15) is 5.76 Å². The van der Waals surface area contributed by atoms with E-state index in [9.17, 15) is 0 Å². The van der Waals surface area contributed by atoms with Crippen molar-refractivity contribution in [1.82, 2.24) is 15.5 Å². The van der Waals surface area contributed by atoms with Gasteiger partial charge >= 0.3 is 0 Å². The molecule has 0 saturated carbocycles. The second kappa shape index (κ2) is 5.13. The van der Waals surface area contributed by atoms with Crippen LogP contribution in [0.4, 0.5) is 0 Å². The molecule has 1 N–H and O–H groups in total. The van der Waals surface area contributed by atoms with E-state index in [4.69, 9.17) is 9.51 Å². The molecule has 0 spiro atoms. The molecule has 2 aromatic heterocycles. The maximum Gasteiger partial charge on any atom is 0.143 e. The maximum absolute atomic E-state index is 5.22. The zero-order chi connectivity index (χ0) is 13.2. The van der Waals surface area contributed by atoms with Crippen molar-refractivity contribution in [3.63, 3.8) is 0 Å². The molecule has 0 bridgehead atoms. The molecule has 1 aliphatic heterocycles. The van der Waals surface area contributed by atoms with Gasteiger partial charge < -0.3 is 9.84 Å². The lowest BCUT2D eigenvalue weighted by Gasteiger charge is -2.08. The molecule has 1 fully saturated rings. The number of pyridine rings is 1. The van der Waals surface area contributed by atoms with Crippen LogP contribution in [0.1, 0.15) is 23.6 Å². The third kappa shape index (κ3) is 2.54. The molecule has 1 unspecified atom stereocenters. The van der Waals surface area contributed by atoms with Crippen LogP contribution in [-0.2, 0) is 6.42 Å². The van der Waals surface area contributed by atoms with E-state index in [0.29, 0.717) is 5.92 Å². The van der Waals surface area contributed by atoms with Gasteiger partial charge in [-0.25, -0.2) is 0 Å². The quantitative estimate of drug-likeness (QED) is 0.918. The summed E-state index contributed by atoms with van der Waals surface area (Å²) in [5.41, 5.74) is 4.07. The zero-order valence-electron chi connectivity index (χ0n) is 11.4. The Balaban J connectivity index is 1.87. The molecule has 0 aliphatic carbocycles. The van der Waals surface area contributed by atoms with Crippen LogP contribution in [0, 0.1) is 19.8 Å². The maximum atomic E-state index is 5.22. The van der Waals surface area contributed by atoms with Crippen LogP contribution in [0.2, 0.25) is 0 Å². The summed E-state index contributed by atoms with van der Waals surface area (Å²) in [6.07, 6.45) is 2.29. The average molecular weight is 257 g/mol. The number of aromatic nitrogens is 2. The minimum Gasteiger partial charge on any atom is -0.361 e. The van der Waals surface area contributed by atoms with E-state index < -0.39 is 0 Å². The van der Waals surface area contributed by atoms with Gasteiger partial charge in [-0.15, -0.1) is 0 Å². The summed E-state index contributed by atoms with van der Waals surface area (Å²) in [6.45, 7) is 6.14. The molecular weight excluding hydrogens is 238 g/mol.